The summed E-state index contributed by atoms with van der Waals surface area (Å²) in [6, 6.07) is 3.74. The number of phenolic OH excluding ortho intramolecular Hbond substituents is 1. The number of nitrogens with zero attached hydrogens (tertiary/aromatic N) is 2. The fraction of sp³-hybridized carbons (Fsp3) is 0.667. The van der Waals surface area contributed by atoms with E-state index in [9.17, 15) is 9.90 Å². The third-order valence-corrected chi connectivity index (χ3v) is 6.93. The number of likely N-dealkylation sites (tertiary alicyclic amines) is 1. The van der Waals surface area contributed by atoms with Crippen LogP contribution in [0.2, 0.25) is 0 Å². The first-order valence-electron chi connectivity index (χ1n) is 10.7. The first kappa shape index (κ1) is 23.3. The van der Waals surface area contributed by atoms with E-state index in [1.165, 1.54) is 0 Å². The molecule has 1 saturated heterocycles. The Bertz CT molecular complexity index is 816. The van der Waals surface area contributed by atoms with Crippen molar-refractivity contribution >= 4 is 27.8 Å². The second-order valence-corrected chi connectivity index (χ2v) is 11.2. The van der Waals surface area contributed by atoms with Gasteiger partial charge < -0.3 is 14.7 Å². The molecule has 0 unspecified atom stereocenters. The number of fused-ring (bicyclic) bond motifs is 1. The van der Waals surface area contributed by atoms with E-state index in [1.807, 2.05) is 12.1 Å². The van der Waals surface area contributed by atoms with Gasteiger partial charge in [-0.2, -0.15) is 4.02 Å². The van der Waals surface area contributed by atoms with Crippen molar-refractivity contribution in [1.29, 1.82) is 0 Å². The average molecular weight is 479 g/mol. The molecule has 2 fully saturated rings. The minimum absolute atomic E-state index is 0.0583. The van der Waals surface area contributed by atoms with Crippen LogP contribution in [-0.2, 0) is 15.6 Å². The second-order valence-electron chi connectivity index (χ2n) is 10.9. The first-order chi connectivity index (χ1) is 13.9. The normalized spacial score (nSPS) is 25.8. The number of Topliss-reactive ketones (excluding diaryl/α,β-unsaturated/α-hetero) is 1. The maximum atomic E-state index is 13.4. The third-order valence-electron chi connectivity index (χ3n) is 6.56. The Hall–Kier alpha value is -1.40. The molecule has 3 atom stereocenters. The summed E-state index contributed by atoms with van der Waals surface area (Å²) in [6.45, 7) is 13.5. The van der Waals surface area contributed by atoms with Crippen molar-refractivity contribution in [2.24, 2.45) is 15.9 Å². The Balaban J connectivity index is 1.89. The molecule has 1 heterocycles. The predicted octanol–water partition coefficient (Wildman–Crippen LogP) is 5.24. The highest BCUT2D eigenvalue weighted by molar-refractivity contribution is 9.08. The molecule has 3 rings (SSSR count). The molecule has 1 aromatic rings. The maximum Gasteiger partial charge on any atom is 0.182 e. The SMILES string of the molecule is CO[C@H]1C[C@H]2CN(CC(=O)c3cc(C(C)(C)C)c(O)c(C(C)(C)C)c3)/C(=N\Br)[C@H]2C1. The van der Waals surface area contributed by atoms with Gasteiger partial charge in [0.1, 0.15) is 11.6 Å². The third kappa shape index (κ3) is 4.45. The van der Waals surface area contributed by atoms with Crippen LogP contribution in [0.15, 0.2) is 16.2 Å². The lowest BCUT2D eigenvalue weighted by atomic mass is 9.78. The van der Waals surface area contributed by atoms with Gasteiger partial charge in [-0.3, -0.25) is 4.79 Å². The number of ether oxygens (including phenoxy) is 1. The fourth-order valence-electron chi connectivity index (χ4n) is 4.86. The van der Waals surface area contributed by atoms with E-state index in [-0.39, 0.29) is 22.7 Å². The van der Waals surface area contributed by atoms with E-state index in [2.05, 4.69) is 66.6 Å². The molecule has 1 aliphatic carbocycles. The minimum Gasteiger partial charge on any atom is -0.507 e. The molecular weight excluding hydrogens is 444 g/mol. The van der Waals surface area contributed by atoms with Crippen molar-refractivity contribution in [3.8, 4) is 5.75 Å². The van der Waals surface area contributed by atoms with Crippen LogP contribution in [0.3, 0.4) is 0 Å². The molecule has 0 spiro atoms. The number of methoxy groups -OCH3 is 1. The monoisotopic (exact) mass is 478 g/mol. The summed E-state index contributed by atoms with van der Waals surface area (Å²) in [4.78, 5) is 15.5. The molecule has 1 N–H and O–H groups in total. The van der Waals surface area contributed by atoms with E-state index < -0.39 is 0 Å². The zero-order valence-corrected chi connectivity index (χ0v) is 20.8. The quantitative estimate of drug-likeness (QED) is 0.601. The van der Waals surface area contributed by atoms with Gasteiger partial charge in [-0.15, -0.1) is 0 Å². The van der Waals surface area contributed by atoms with Crippen molar-refractivity contribution in [1.82, 2.24) is 4.90 Å². The van der Waals surface area contributed by atoms with Crippen molar-refractivity contribution in [3.05, 3.63) is 28.8 Å². The Morgan fingerprint density at radius 1 is 1.17 bits per heavy atom. The number of hydrogen-bond acceptors (Lipinski definition) is 4. The number of ketones is 1. The van der Waals surface area contributed by atoms with Gasteiger partial charge in [0, 0.05) is 36.3 Å². The molecule has 0 aromatic heterocycles. The number of aromatic hydroxyl groups is 1. The van der Waals surface area contributed by atoms with Crippen LogP contribution in [0.25, 0.3) is 0 Å². The molecule has 166 valence electrons. The summed E-state index contributed by atoms with van der Waals surface area (Å²) in [5, 5.41) is 10.9. The number of phenols is 1. The molecule has 1 aliphatic heterocycles. The Labute approximate surface area is 189 Å². The lowest BCUT2D eigenvalue weighted by Gasteiger charge is -2.28. The second kappa shape index (κ2) is 8.27. The molecule has 0 amide bonds. The van der Waals surface area contributed by atoms with Crippen molar-refractivity contribution in [2.75, 3.05) is 20.2 Å². The van der Waals surface area contributed by atoms with E-state index in [1.54, 1.807) is 7.11 Å². The molecule has 5 nitrogen and oxygen atoms in total. The van der Waals surface area contributed by atoms with E-state index in [4.69, 9.17) is 4.74 Å². The van der Waals surface area contributed by atoms with Gasteiger partial charge in [0.25, 0.3) is 0 Å². The predicted molar refractivity (Wildman–Crippen MR) is 125 cm³/mol. The summed E-state index contributed by atoms with van der Waals surface area (Å²) in [7, 11) is 1.77. The number of amidine groups is 1. The highest BCUT2D eigenvalue weighted by atomic mass is 79.9. The van der Waals surface area contributed by atoms with Crippen LogP contribution < -0.4 is 0 Å². The maximum absolute atomic E-state index is 13.4. The molecule has 30 heavy (non-hydrogen) atoms. The largest absolute Gasteiger partial charge is 0.507 e. The smallest absolute Gasteiger partial charge is 0.182 e. The van der Waals surface area contributed by atoms with Gasteiger partial charge in [-0.1, -0.05) is 41.5 Å². The number of carbonyl (C=O) groups is 1. The van der Waals surface area contributed by atoms with Crippen molar-refractivity contribution in [3.63, 3.8) is 0 Å². The average Bonchev–Trinajstić information content (AvgIpc) is 3.16. The number of carbonyl (C=O) groups excluding carboxylic acids is 1. The number of benzene rings is 1. The Morgan fingerprint density at radius 2 is 1.73 bits per heavy atom. The van der Waals surface area contributed by atoms with E-state index >= 15 is 0 Å². The summed E-state index contributed by atoms with van der Waals surface area (Å²) >= 11 is 3.29. The van der Waals surface area contributed by atoms with Gasteiger partial charge in [0.15, 0.2) is 5.78 Å². The highest BCUT2D eigenvalue weighted by Gasteiger charge is 2.45. The fourth-order valence-corrected chi connectivity index (χ4v) is 5.35. The van der Waals surface area contributed by atoms with Gasteiger partial charge in [-0.05, 0) is 41.7 Å². The molecule has 1 aromatic carbocycles. The number of halogens is 1. The first-order valence-corrected chi connectivity index (χ1v) is 11.5. The van der Waals surface area contributed by atoms with Crippen LogP contribution in [0.1, 0.15) is 75.9 Å². The van der Waals surface area contributed by atoms with Gasteiger partial charge in [0.05, 0.1) is 28.8 Å². The van der Waals surface area contributed by atoms with E-state index in [0.717, 1.165) is 36.3 Å². The molecule has 2 aliphatic rings. The summed E-state index contributed by atoms with van der Waals surface area (Å²) < 4.78 is 9.91. The summed E-state index contributed by atoms with van der Waals surface area (Å²) in [5.41, 5.74) is 1.76. The highest BCUT2D eigenvalue weighted by Crippen LogP contribution is 2.42. The van der Waals surface area contributed by atoms with E-state index in [0.29, 0.717) is 29.7 Å². The topological polar surface area (TPSA) is 62.1 Å². The molecule has 0 bridgehead atoms. The molecule has 1 saturated carbocycles. The van der Waals surface area contributed by atoms with Crippen LogP contribution in [0, 0.1) is 11.8 Å². The van der Waals surface area contributed by atoms with Crippen molar-refractivity contribution in [2.45, 2.75) is 71.3 Å². The zero-order chi connectivity index (χ0) is 22.4. The van der Waals surface area contributed by atoms with Gasteiger partial charge >= 0.3 is 0 Å². The van der Waals surface area contributed by atoms with Gasteiger partial charge in [0.2, 0.25) is 0 Å². The standard InChI is InChI=1S/C24H35BrN2O3/c1-23(2,3)18-9-14(10-19(21(18)29)24(4,5)6)20(28)13-27-12-15-8-16(30-7)11-17(15)22(27)26-25/h9-10,15-17,29H,8,11-13H2,1-7H3/b26-22-/t15-,16-,17-/m0/s1. The zero-order valence-electron chi connectivity index (χ0n) is 19.3. The Kier molecular flexibility index (Phi) is 6.41. The molecular formula is C24H35BrN2O3. The lowest BCUT2D eigenvalue weighted by molar-refractivity contribution is 0.0944. The minimum atomic E-state index is -0.261. The van der Waals surface area contributed by atoms with Crippen LogP contribution in [0.4, 0.5) is 0 Å². The van der Waals surface area contributed by atoms with Gasteiger partial charge in [-0.25, -0.2) is 0 Å². The van der Waals surface area contributed by atoms with Crippen LogP contribution >= 0.6 is 16.1 Å². The van der Waals surface area contributed by atoms with Crippen LogP contribution in [0.5, 0.6) is 5.75 Å². The summed E-state index contributed by atoms with van der Waals surface area (Å²) in [6.07, 6.45) is 2.25. The number of rotatable bonds is 4. The van der Waals surface area contributed by atoms with Crippen molar-refractivity contribution < 1.29 is 14.6 Å². The number of hydrogen-bond donors (Lipinski definition) is 1. The molecule has 6 heteroatoms. The lowest BCUT2D eigenvalue weighted by Crippen LogP contribution is -2.34. The Morgan fingerprint density at radius 3 is 2.20 bits per heavy atom. The van der Waals surface area contributed by atoms with Crippen LogP contribution in [-0.4, -0.2) is 47.9 Å². The molecule has 0 radical (unpaired) electrons. The summed E-state index contributed by atoms with van der Waals surface area (Å²) in [5.74, 6) is 2.14.